The maximum atomic E-state index is 12.0. The SMILES string of the molecule is CNC(=O)[C@@H]1C[C@H]1c1cc(OC23CCC(CC2)CC3)cc2cn(C)nc12. The van der Waals surface area contributed by atoms with Crippen LogP contribution in [0.15, 0.2) is 18.3 Å². The van der Waals surface area contributed by atoms with E-state index in [-0.39, 0.29) is 23.3 Å². The molecule has 4 saturated carbocycles. The van der Waals surface area contributed by atoms with Crippen LogP contribution in [0, 0.1) is 11.8 Å². The van der Waals surface area contributed by atoms with Gasteiger partial charge in [0.05, 0.1) is 5.52 Å². The van der Waals surface area contributed by atoms with E-state index in [9.17, 15) is 4.79 Å². The summed E-state index contributed by atoms with van der Waals surface area (Å²) in [5.41, 5.74) is 2.22. The lowest BCUT2D eigenvalue weighted by molar-refractivity contribution is -0.121. The summed E-state index contributed by atoms with van der Waals surface area (Å²) in [5, 5.41) is 8.56. The summed E-state index contributed by atoms with van der Waals surface area (Å²) in [5.74, 6) is 2.36. The number of aryl methyl sites for hydroxylation is 1. The first kappa shape index (κ1) is 16.2. The molecule has 0 unspecified atom stereocenters. The average Bonchev–Trinajstić information content (AvgIpc) is 3.36. The largest absolute Gasteiger partial charge is 0.487 e. The van der Waals surface area contributed by atoms with E-state index >= 15 is 0 Å². The van der Waals surface area contributed by atoms with Gasteiger partial charge in [-0.3, -0.25) is 9.48 Å². The standard InChI is InChI=1S/C21H27N3O2/c1-22-20(25)18-11-16(18)17-10-15(9-14-12-24(2)23-19(14)17)26-21-6-3-13(4-7-21)5-8-21/h9-10,12-13,16,18H,3-8,11H2,1-2H3,(H,22,25)/t13?,16-,18+,21?/m0/s1. The molecule has 0 aliphatic heterocycles. The third kappa shape index (κ3) is 2.60. The van der Waals surface area contributed by atoms with Crippen LogP contribution in [-0.2, 0) is 11.8 Å². The predicted octanol–water partition coefficient (Wildman–Crippen LogP) is 3.52. The van der Waals surface area contributed by atoms with Crippen molar-refractivity contribution in [1.29, 1.82) is 0 Å². The number of rotatable bonds is 4. The van der Waals surface area contributed by atoms with Crippen LogP contribution in [0.2, 0.25) is 0 Å². The second-order valence-electron chi connectivity index (χ2n) is 8.58. The highest BCUT2D eigenvalue weighted by Crippen LogP contribution is 2.51. The molecule has 4 fully saturated rings. The van der Waals surface area contributed by atoms with Crippen molar-refractivity contribution in [3.8, 4) is 5.75 Å². The maximum Gasteiger partial charge on any atom is 0.223 e. The van der Waals surface area contributed by atoms with Crippen LogP contribution in [0.3, 0.4) is 0 Å². The maximum absolute atomic E-state index is 12.0. The molecule has 4 aliphatic rings. The number of fused-ring (bicyclic) bond motifs is 4. The van der Waals surface area contributed by atoms with Gasteiger partial charge < -0.3 is 10.1 Å². The first-order valence-electron chi connectivity index (χ1n) is 9.95. The monoisotopic (exact) mass is 353 g/mol. The minimum absolute atomic E-state index is 0.0334. The van der Waals surface area contributed by atoms with Crippen LogP contribution in [0.25, 0.3) is 10.9 Å². The van der Waals surface area contributed by atoms with Gasteiger partial charge in [0.15, 0.2) is 0 Å². The van der Waals surface area contributed by atoms with Gasteiger partial charge in [0.2, 0.25) is 5.91 Å². The highest BCUT2D eigenvalue weighted by Gasteiger charge is 2.46. The number of carbonyl (C=O) groups is 1. The van der Waals surface area contributed by atoms with Crippen molar-refractivity contribution in [2.45, 2.75) is 56.5 Å². The Morgan fingerprint density at radius 2 is 2.00 bits per heavy atom. The van der Waals surface area contributed by atoms with Gasteiger partial charge in [0.25, 0.3) is 0 Å². The second kappa shape index (κ2) is 5.73. The van der Waals surface area contributed by atoms with Crippen molar-refractivity contribution in [2.24, 2.45) is 18.9 Å². The number of hydrogen-bond acceptors (Lipinski definition) is 3. The Morgan fingerprint density at radius 1 is 1.27 bits per heavy atom. The Labute approximate surface area is 154 Å². The minimum atomic E-state index is 0.0334. The molecule has 4 aliphatic carbocycles. The fourth-order valence-corrected chi connectivity index (χ4v) is 5.22. The first-order valence-corrected chi connectivity index (χ1v) is 9.95. The molecule has 2 aromatic rings. The van der Waals surface area contributed by atoms with Crippen LogP contribution in [0.5, 0.6) is 5.75 Å². The molecule has 0 radical (unpaired) electrons. The summed E-state index contributed by atoms with van der Waals surface area (Å²) >= 11 is 0. The topological polar surface area (TPSA) is 56.1 Å². The van der Waals surface area contributed by atoms with Crippen LogP contribution >= 0.6 is 0 Å². The summed E-state index contributed by atoms with van der Waals surface area (Å²) in [4.78, 5) is 12.0. The van der Waals surface area contributed by atoms with E-state index in [0.29, 0.717) is 0 Å². The third-order valence-electron chi connectivity index (χ3n) is 6.86. The molecule has 5 heteroatoms. The number of benzene rings is 1. The van der Waals surface area contributed by atoms with E-state index in [1.165, 1.54) is 44.1 Å². The molecule has 6 rings (SSSR count). The van der Waals surface area contributed by atoms with Crippen molar-refractivity contribution in [3.63, 3.8) is 0 Å². The summed E-state index contributed by atoms with van der Waals surface area (Å²) in [6.07, 6.45) is 10.4. The third-order valence-corrected chi connectivity index (χ3v) is 6.86. The molecule has 26 heavy (non-hydrogen) atoms. The normalized spacial score (nSPS) is 32.6. The van der Waals surface area contributed by atoms with Crippen molar-refractivity contribution in [1.82, 2.24) is 15.1 Å². The van der Waals surface area contributed by atoms with Crippen molar-refractivity contribution in [2.75, 3.05) is 7.05 Å². The minimum Gasteiger partial charge on any atom is -0.487 e. The highest BCUT2D eigenvalue weighted by atomic mass is 16.5. The highest BCUT2D eigenvalue weighted by molar-refractivity contribution is 5.88. The zero-order valence-corrected chi connectivity index (χ0v) is 15.6. The quantitative estimate of drug-likeness (QED) is 0.915. The fraction of sp³-hybridized carbons (Fsp3) is 0.619. The molecule has 1 aromatic carbocycles. The number of hydrogen-bond donors (Lipinski definition) is 1. The van der Waals surface area contributed by atoms with Gasteiger partial charge in [0.1, 0.15) is 11.4 Å². The summed E-state index contributed by atoms with van der Waals surface area (Å²) in [6, 6.07) is 4.30. The summed E-state index contributed by atoms with van der Waals surface area (Å²) in [6.45, 7) is 0. The Bertz CT molecular complexity index is 850. The lowest BCUT2D eigenvalue weighted by Crippen LogP contribution is -2.44. The zero-order chi connectivity index (χ0) is 17.9. The number of carbonyl (C=O) groups excluding carboxylic acids is 1. The second-order valence-corrected chi connectivity index (χ2v) is 8.58. The number of nitrogens with one attached hydrogen (secondary N) is 1. The van der Waals surface area contributed by atoms with Gasteiger partial charge in [-0.15, -0.1) is 0 Å². The van der Waals surface area contributed by atoms with Crippen molar-refractivity contribution >= 4 is 16.8 Å². The van der Waals surface area contributed by atoms with E-state index in [1.54, 1.807) is 7.05 Å². The molecular formula is C21H27N3O2. The van der Waals surface area contributed by atoms with E-state index in [2.05, 4.69) is 28.7 Å². The molecule has 1 heterocycles. The number of nitrogens with zero attached hydrogens (tertiary/aromatic N) is 2. The van der Waals surface area contributed by atoms with Crippen LogP contribution in [0.4, 0.5) is 0 Å². The average molecular weight is 353 g/mol. The molecule has 0 saturated heterocycles. The smallest absolute Gasteiger partial charge is 0.223 e. The molecule has 2 atom stereocenters. The Kier molecular flexibility index (Phi) is 3.56. The molecule has 2 bridgehead atoms. The van der Waals surface area contributed by atoms with Gasteiger partial charge in [-0.25, -0.2) is 0 Å². The predicted molar refractivity (Wildman–Crippen MR) is 100 cm³/mol. The van der Waals surface area contributed by atoms with E-state index in [0.717, 1.165) is 29.0 Å². The number of amides is 1. The van der Waals surface area contributed by atoms with Crippen LogP contribution < -0.4 is 10.1 Å². The lowest BCUT2D eigenvalue weighted by atomic mass is 9.68. The Balaban J connectivity index is 1.50. The molecular weight excluding hydrogens is 326 g/mol. The molecule has 0 spiro atoms. The lowest BCUT2D eigenvalue weighted by Gasteiger charge is -2.46. The molecule has 138 valence electrons. The van der Waals surface area contributed by atoms with Gasteiger partial charge in [-0.2, -0.15) is 5.10 Å². The first-order chi connectivity index (χ1) is 12.6. The Hall–Kier alpha value is -2.04. The summed E-state index contributed by atoms with van der Waals surface area (Å²) < 4.78 is 8.51. The molecule has 1 N–H and O–H groups in total. The van der Waals surface area contributed by atoms with Crippen molar-refractivity contribution in [3.05, 3.63) is 23.9 Å². The molecule has 1 amide bonds. The molecule has 5 nitrogen and oxygen atoms in total. The summed E-state index contributed by atoms with van der Waals surface area (Å²) in [7, 11) is 3.67. The number of ether oxygens (including phenoxy) is 1. The van der Waals surface area contributed by atoms with Gasteiger partial charge in [-0.05, 0) is 74.5 Å². The van der Waals surface area contributed by atoms with Gasteiger partial charge in [-0.1, -0.05) is 0 Å². The zero-order valence-electron chi connectivity index (χ0n) is 15.6. The van der Waals surface area contributed by atoms with Gasteiger partial charge in [0, 0.05) is 31.6 Å². The van der Waals surface area contributed by atoms with E-state index < -0.39 is 0 Å². The van der Waals surface area contributed by atoms with E-state index in [1.807, 2.05) is 11.7 Å². The molecule has 1 aromatic heterocycles. The van der Waals surface area contributed by atoms with Gasteiger partial charge >= 0.3 is 0 Å². The van der Waals surface area contributed by atoms with E-state index in [4.69, 9.17) is 4.74 Å². The Morgan fingerprint density at radius 3 is 2.69 bits per heavy atom. The van der Waals surface area contributed by atoms with Crippen molar-refractivity contribution < 1.29 is 9.53 Å². The van der Waals surface area contributed by atoms with Crippen LogP contribution in [0.1, 0.15) is 56.4 Å². The van der Waals surface area contributed by atoms with Crippen LogP contribution in [-0.4, -0.2) is 28.3 Å². The number of aromatic nitrogens is 2. The fourth-order valence-electron chi connectivity index (χ4n) is 5.22.